The van der Waals surface area contributed by atoms with Crippen LogP contribution in [0.4, 0.5) is 11.4 Å². The number of benzene rings is 3. The van der Waals surface area contributed by atoms with E-state index in [-0.39, 0.29) is 29.9 Å². The van der Waals surface area contributed by atoms with Gasteiger partial charge in [-0.2, -0.15) is 0 Å². The summed E-state index contributed by atoms with van der Waals surface area (Å²) in [6.07, 6.45) is -0.108. The maximum Gasteiger partial charge on any atom is 0.259 e. The number of rotatable bonds is 9. The SMILES string of the molecule is COc1ccc(CNC(=O)CC2N=C3c4ccccc4N=C(SCC(=O)Nc4ccccc4OC)N3C2=O)cc1. The van der Waals surface area contributed by atoms with Crippen molar-refractivity contribution in [3.8, 4) is 11.5 Å². The number of amidine groups is 2. The second-order valence-electron chi connectivity index (χ2n) is 8.92. The van der Waals surface area contributed by atoms with Crippen molar-refractivity contribution in [1.82, 2.24) is 10.2 Å². The number of hydrogen-bond donors (Lipinski definition) is 2. The number of nitrogens with zero attached hydrogens (tertiary/aromatic N) is 3. The molecule has 0 saturated heterocycles. The van der Waals surface area contributed by atoms with E-state index in [0.29, 0.717) is 40.2 Å². The van der Waals surface area contributed by atoms with Crippen LogP contribution in [-0.4, -0.2) is 59.6 Å². The first-order valence-corrected chi connectivity index (χ1v) is 13.5. The number of carbonyl (C=O) groups excluding carboxylic acids is 3. The van der Waals surface area contributed by atoms with Gasteiger partial charge in [0.15, 0.2) is 5.17 Å². The molecule has 5 rings (SSSR count). The summed E-state index contributed by atoms with van der Waals surface area (Å²) in [7, 11) is 3.12. The van der Waals surface area contributed by atoms with E-state index in [2.05, 4.69) is 20.6 Å². The number of para-hydroxylation sites is 3. The minimum atomic E-state index is -0.898. The van der Waals surface area contributed by atoms with Gasteiger partial charge in [0.1, 0.15) is 23.4 Å². The van der Waals surface area contributed by atoms with Gasteiger partial charge in [0, 0.05) is 12.1 Å². The first kappa shape index (κ1) is 26.9. The molecule has 2 aliphatic heterocycles. The van der Waals surface area contributed by atoms with E-state index in [0.717, 1.165) is 23.1 Å². The number of aliphatic imine (C=N–C) groups is 2. The van der Waals surface area contributed by atoms with Gasteiger partial charge in [-0.3, -0.25) is 19.4 Å². The Morgan fingerprint density at radius 2 is 1.70 bits per heavy atom. The molecule has 10 nitrogen and oxygen atoms in total. The van der Waals surface area contributed by atoms with Crippen molar-refractivity contribution in [2.75, 3.05) is 25.3 Å². The van der Waals surface area contributed by atoms with Gasteiger partial charge in [0.25, 0.3) is 5.91 Å². The van der Waals surface area contributed by atoms with Gasteiger partial charge in [-0.25, -0.2) is 9.89 Å². The van der Waals surface area contributed by atoms with E-state index in [4.69, 9.17) is 9.47 Å². The smallest absolute Gasteiger partial charge is 0.259 e. The first-order chi connectivity index (χ1) is 19.5. The first-order valence-electron chi connectivity index (χ1n) is 12.5. The van der Waals surface area contributed by atoms with Crippen molar-refractivity contribution in [3.05, 3.63) is 83.9 Å². The number of anilines is 1. The molecule has 0 aromatic heterocycles. The van der Waals surface area contributed by atoms with Gasteiger partial charge in [-0.1, -0.05) is 48.2 Å². The molecule has 2 heterocycles. The van der Waals surface area contributed by atoms with Crippen LogP contribution in [0.2, 0.25) is 0 Å². The second kappa shape index (κ2) is 12.0. The molecule has 11 heteroatoms. The largest absolute Gasteiger partial charge is 0.497 e. The van der Waals surface area contributed by atoms with Gasteiger partial charge in [0.2, 0.25) is 11.8 Å². The summed E-state index contributed by atoms with van der Waals surface area (Å²) in [6, 6.07) is 20.9. The molecule has 0 spiro atoms. The molecule has 0 aliphatic carbocycles. The van der Waals surface area contributed by atoms with E-state index in [9.17, 15) is 14.4 Å². The highest BCUT2D eigenvalue weighted by Gasteiger charge is 2.42. The van der Waals surface area contributed by atoms with Crippen molar-refractivity contribution in [2.24, 2.45) is 9.98 Å². The molecule has 204 valence electrons. The summed E-state index contributed by atoms with van der Waals surface area (Å²) in [4.78, 5) is 49.6. The third kappa shape index (κ3) is 5.84. The maximum atomic E-state index is 13.5. The summed E-state index contributed by atoms with van der Waals surface area (Å²) in [5.41, 5.74) is 2.79. The van der Waals surface area contributed by atoms with Crippen LogP contribution in [0.5, 0.6) is 11.5 Å². The molecular formula is C29H27N5O5S. The molecule has 2 aliphatic rings. The van der Waals surface area contributed by atoms with E-state index in [1.54, 1.807) is 25.3 Å². The molecule has 0 bridgehead atoms. The summed E-state index contributed by atoms with van der Waals surface area (Å²) < 4.78 is 10.5. The van der Waals surface area contributed by atoms with Gasteiger partial charge in [0.05, 0.1) is 37.8 Å². The van der Waals surface area contributed by atoms with E-state index >= 15 is 0 Å². The van der Waals surface area contributed by atoms with Crippen LogP contribution >= 0.6 is 11.8 Å². The van der Waals surface area contributed by atoms with Gasteiger partial charge in [-0.05, 0) is 42.0 Å². The predicted octanol–water partition coefficient (Wildman–Crippen LogP) is 3.74. The van der Waals surface area contributed by atoms with Gasteiger partial charge >= 0.3 is 0 Å². The molecule has 0 fully saturated rings. The van der Waals surface area contributed by atoms with Crippen molar-refractivity contribution in [2.45, 2.75) is 19.0 Å². The quantitative estimate of drug-likeness (QED) is 0.414. The van der Waals surface area contributed by atoms with E-state index in [1.165, 1.54) is 12.0 Å². The number of carbonyl (C=O) groups is 3. The van der Waals surface area contributed by atoms with Crippen LogP contribution in [0.1, 0.15) is 17.5 Å². The average molecular weight is 558 g/mol. The van der Waals surface area contributed by atoms with Crippen LogP contribution in [0.15, 0.2) is 82.8 Å². The Balaban J connectivity index is 1.26. The molecule has 40 heavy (non-hydrogen) atoms. The van der Waals surface area contributed by atoms with Crippen LogP contribution < -0.4 is 20.1 Å². The highest BCUT2D eigenvalue weighted by Crippen LogP contribution is 2.34. The Hall–Kier alpha value is -4.64. The van der Waals surface area contributed by atoms with E-state index < -0.39 is 6.04 Å². The lowest BCUT2D eigenvalue weighted by Crippen LogP contribution is -2.42. The fourth-order valence-corrected chi connectivity index (χ4v) is 5.09. The summed E-state index contributed by atoms with van der Waals surface area (Å²) in [5, 5.41) is 6.01. The third-order valence-electron chi connectivity index (χ3n) is 6.29. The van der Waals surface area contributed by atoms with Crippen molar-refractivity contribution in [3.63, 3.8) is 0 Å². The lowest BCUT2D eigenvalue weighted by molar-refractivity contribution is -0.128. The molecule has 0 radical (unpaired) electrons. The minimum Gasteiger partial charge on any atom is -0.497 e. The molecule has 1 atom stereocenters. The van der Waals surface area contributed by atoms with Gasteiger partial charge in [-0.15, -0.1) is 0 Å². The number of thioether (sulfide) groups is 1. The molecule has 3 aromatic carbocycles. The summed E-state index contributed by atoms with van der Waals surface area (Å²) in [6.45, 7) is 0.316. The standard InChI is InChI=1S/C29H27N5O5S/c1-38-19-13-11-18(12-14-19)16-30-25(35)15-23-28(37)34-27(32-23)20-7-3-4-8-21(20)33-29(34)40-17-26(36)31-22-9-5-6-10-24(22)39-2/h3-14,23H,15-17H2,1-2H3,(H,30,35)(H,31,36). The zero-order valence-electron chi connectivity index (χ0n) is 21.9. The topological polar surface area (TPSA) is 122 Å². The Morgan fingerprint density at radius 3 is 2.48 bits per heavy atom. The third-order valence-corrected chi connectivity index (χ3v) is 7.23. The van der Waals surface area contributed by atoms with Crippen LogP contribution in [-0.2, 0) is 20.9 Å². The Bertz CT molecular complexity index is 1500. The monoisotopic (exact) mass is 557 g/mol. The Kier molecular flexibility index (Phi) is 8.11. The summed E-state index contributed by atoms with van der Waals surface area (Å²) in [5.74, 6) is 0.763. The van der Waals surface area contributed by atoms with Crippen LogP contribution in [0.3, 0.4) is 0 Å². The van der Waals surface area contributed by atoms with Crippen molar-refractivity contribution < 1.29 is 23.9 Å². The maximum absolute atomic E-state index is 13.5. The normalized spacial score (nSPS) is 15.4. The Labute approximate surface area is 235 Å². The van der Waals surface area contributed by atoms with E-state index in [1.807, 2.05) is 54.6 Å². The number of hydrogen-bond acceptors (Lipinski definition) is 8. The molecule has 1 unspecified atom stereocenters. The molecule has 2 N–H and O–H groups in total. The number of methoxy groups -OCH3 is 2. The summed E-state index contributed by atoms with van der Waals surface area (Å²) >= 11 is 1.12. The molecule has 0 saturated carbocycles. The minimum absolute atomic E-state index is 0.00310. The molecule has 3 amide bonds. The van der Waals surface area contributed by atoms with Crippen molar-refractivity contribution in [1.29, 1.82) is 0 Å². The van der Waals surface area contributed by atoms with Crippen LogP contribution in [0.25, 0.3) is 0 Å². The lowest BCUT2D eigenvalue weighted by Gasteiger charge is -2.25. The van der Waals surface area contributed by atoms with Crippen LogP contribution in [0, 0.1) is 0 Å². The Morgan fingerprint density at radius 1 is 0.950 bits per heavy atom. The molecule has 3 aromatic rings. The predicted molar refractivity (Wildman–Crippen MR) is 154 cm³/mol. The van der Waals surface area contributed by atoms with Crippen molar-refractivity contribution >= 4 is 51.9 Å². The highest BCUT2D eigenvalue weighted by atomic mass is 32.2. The average Bonchev–Trinajstić information content (AvgIpc) is 3.31. The zero-order chi connectivity index (χ0) is 28.1. The number of fused-ring (bicyclic) bond motifs is 3. The fourth-order valence-electron chi connectivity index (χ4n) is 4.29. The lowest BCUT2D eigenvalue weighted by atomic mass is 10.1. The van der Waals surface area contributed by atoms with Gasteiger partial charge < -0.3 is 20.1 Å². The number of ether oxygens (including phenoxy) is 2. The highest BCUT2D eigenvalue weighted by molar-refractivity contribution is 8.14. The number of amides is 3. The molecular weight excluding hydrogens is 530 g/mol. The number of nitrogens with one attached hydrogen (secondary N) is 2. The fraction of sp³-hybridized carbons (Fsp3) is 0.207. The second-order valence-corrected chi connectivity index (χ2v) is 9.86. The zero-order valence-corrected chi connectivity index (χ0v) is 22.7.